The number of anilines is 2. The predicted molar refractivity (Wildman–Crippen MR) is 146 cm³/mol. The van der Waals surface area contributed by atoms with Crippen LogP contribution in [0.3, 0.4) is 0 Å². The molecule has 10 heteroatoms. The molecular formula is C28H30BClF3N3O2. The topological polar surface area (TPSA) is 59.0 Å². The summed E-state index contributed by atoms with van der Waals surface area (Å²) < 4.78 is 44.1. The molecule has 0 unspecified atom stereocenters. The van der Waals surface area contributed by atoms with E-state index >= 15 is 8.78 Å². The van der Waals surface area contributed by atoms with Crippen LogP contribution < -0.4 is 15.7 Å². The molecule has 0 spiro atoms. The smallest absolute Gasteiger partial charge is 0.423 e. The first-order valence-electron chi connectivity index (χ1n) is 12.8. The first-order valence-corrected chi connectivity index (χ1v) is 13.2. The van der Waals surface area contributed by atoms with E-state index in [4.69, 9.17) is 11.6 Å². The summed E-state index contributed by atoms with van der Waals surface area (Å²) in [6, 6.07) is 13.9. The van der Waals surface area contributed by atoms with Crippen molar-refractivity contribution in [3.05, 3.63) is 87.9 Å². The van der Waals surface area contributed by atoms with E-state index in [1.165, 1.54) is 12.1 Å². The van der Waals surface area contributed by atoms with Gasteiger partial charge in [-0.3, -0.25) is 9.29 Å². The lowest BCUT2D eigenvalue weighted by atomic mass is 9.75. The van der Waals surface area contributed by atoms with Crippen LogP contribution in [0.2, 0.25) is 5.02 Å². The highest BCUT2D eigenvalue weighted by molar-refractivity contribution is 6.58. The number of likely N-dealkylation sites (tertiary alicyclic amines) is 1. The van der Waals surface area contributed by atoms with E-state index in [9.17, 15) is 14.4 Å². The minimum Gasteiger partial charge on any atom is -0.423 e. The fourth-order valence-electron chi connectivity index (χ4n) is 5.65. The van der Waals surface area contributed by atoms with Crippen LogP contribution >= 0.6 is 11.6 Å². The Morgan fingerprint density at radius 3 is 2.34 bits per heavy atom. The van der Waals surface area contributed by atoms with Gasteiger partial charge in [-0.05, 0) is 72.8 Å². The molecule has 2 atom stereocenters. The fourth-order valence-corrected chi connectivity index (χ4v) is 5.78. The van der Waals surface area contributed by atoms with Crippen LogP contribution in [0.5, 0.6) is 0 Å². The van der Waals surface area contributed by atoms with E-state index in [1.807, 2.05) is 24.0 Å². The number of fused-ring (bicyclic) bond motifs is 1. The second kappa shape index (κ2) is 11.2. The maximum Gasteiger partial charge on any atom is 0.488 e. The third-order valence-electron chi connectivity index (χ3n) is 7.44. The quantitative estimate of drug-likeness (QED) is 0.370. The van der Waals surface area contributed by atoms with Crippen LogP contribution in [0.15, 0.2) is 54.6 Å². The predicted octanol–water partition coefficient (Wildman–Crippen LogP) is 4.29. The summed E-state index contributed by atoms with van der Waals surface area (Å²) in [7, 11) is -1.64. The second-order valence-electron chi connectivity index (χ2n) is 10.2. The Kier molecular flexibility index (Phi) is 7.91. The van der Waals surface area contributed by atoms with Crippen molar-refractivity contribution in [2.45, 2.75) is 37.9 Å². The number of hydrogen-bond donors (Lipinski definition) is 3. The van der Waals surface area contributed by atoms with E-state index in [-0.39, 0.29) is 24.3 Å². The normalized spacial score (nSPS) is 19.7. The van der Waals surface area contributed by atoms with Gasteiger partial charge in [-0.15, -0.1) is 0 Å². The molecule has 2 aliphatic heterocycles. The van der Waals surface area contributed by atoms with Gasteiger partial charge in [0.2, 0.25) is 0 Å². The Labute approximate surface area is 226 Å². The first-order chi connectivity index (χ1) is 18.2. The zero-order valence-corrected chi connectivity index (χ0v) is 21.8. The monoisotopic (exact) mass is 543 g/mol. The van der Waals surface area contributed by atoms with E-state index in [2.05, 4.69) is 10.2 Å². The SMILES string of the molecule is C[C@@H]1Cc2cc(B(O)O)ccc2[C@@H](c2c(F)cc(NC3CN(CCCF)C3)cc2F)N1c1ccc(Cl)cc1. The van der Waals surface area contributed by atoms with Gasteiger partial charge < -0.3 is 20.3 Å². The summed E-state index contributed by atoms with van der Waals surface area (Å²) in [4.78, 5) is 4.08. The number of nitrogens with zero attached hydrogens (tertiary/aromatic N) is 2. The minimum absolute atomic E-state index is 0.0450. The zero-order chi connectivity index (χ0) is 27.0. The number of alkyl halides is 1. The number of hydrogen-bond acceptors (Lipinski definition) is 5. The molecule has 0 aromatic heterocycles. The minimum atomic E-state index is -1.64. The number of nitrogens with one attached hydrogen (secondary N) is 1. The Morgan fingerprint density at radius 1 is 1.03 bits per heavy atom. The Hall–Kier alpha value is -2.72. The highest BCUT2D eigenvalue weighted by atomic mass is 35.5. The summed E-state index contributed by atoms with van der Waals surface area (Å²) in [5.41, 5.74) is 2.89. The lowest BCUT2D eigenvalue weighted by Gasteiger charge is -2.44. The lowest BCUT2D eigenvalue weighted by molar-refractivity contribution is 0.155. The van der Waals surface area contributed by atoms with E-state index in [0.29, 0.717) is 54.2 Å². The van der Waals surface area contributed by atoms with Gasteiger partial charge in [-0.1, -0.05) is 29.8 Å². The van der Waals surface area contributed by atoms with Gasteiger partial charge in [0.1, 0.15) is 11.6 Å². The average molecular weight is 544 g/mol. The summed E-state index contributed by atoms with van der Waals surface area (Å²) in [6.45, 7) is 3.68. The van der Waals surface area contributed by atoms with E-state index in [0.717, 1.165) is 11.3 Å². The molecule has 0 radical (unpaired) electrons. The van der Waals surface area contributed by atoms with Gasteiger partial charge in [0, 0.05) is 42.1 Å². The molecular weight excluding hydrogens is 514 g/mol. The Morgan fingerprint density at radius 2 is 1.71 bits per heavy atom. The van der Waals surface area contributed by atoms with E-state index in [1.54, 1.807) is 30.3 Å². The Bertz CT molecular complexity index is 1270. The van der Waals surface area contributed by atoms with Gasteiger partial charge in [0.25, 0.3) is 0 Å². The van der Waals surface area contributed by atoms with Crippen LogP contribution in [-0.2, 0) is 6.42 Å². The number of halogens is 4. The molecule has 2 aliphatic rings. The summed E-state index contributed by atoms with van der Waals surface area (Å²) in [5.74, 6) is -1.34. The molecule has 1 saturated heterocycles. The van der Waals surface area contributed by atoms with Crippen LogP contribution in [0.4, 0.5) is 24.5 Å². The first kappa shape index (κ1) is 26.9. The highest BCUT2D eigenvalue weighted by Gasteiger charge is 2.37. The molecule has 3 N–H and O–H groups in total. The van der Waals surface area contributed by atoms with Crippen LogP contribution in [-0.4, -0.2) is 60.5 Å². The molecule has 0 bridgehead atoms. The molecule has 3 aromatic rings. The van der Waals surface area contributed by atoms with Gasteiger partial charge >= 0.3 is 7.12 Å². The highest BCUT2D eigenvalue weighted by Crippen LogP contribution is 2.43. The number of rotatable bonds is 8. The standard InChI is InChI=1S/C28H30BClF3N3O2/c1-17-11-18-12-19(29(37)38)3-8-24(18)28(36(17)23-6-4-20(30)5-7-23)27-25(32)13-21(14-26(27)33)34-22-15-35(16-22)10-2-9-31/h3-8,12-14,17,22,28,34,37-38H,2,9-11,15-16H2,1H3/t17-,28+/m1/s1. The van der Waals surface area contributed by atoms with Crippen molar-refractivity contribution >= 4 is 35.6 Å². The Balaban J connectivity index is 1.51. The molecule has 200 valence electrons. The zero-order valence-electron chi connectivity index (χ0n) is 21.0. The van der Waals surface area contributed by atoms with E-state index < -0.39 is 24.8 Å². The third-order valence-corrected chi connectivity index (χ3v) is 7.69. The molecule has 5 rings (SSSR count). The molecule has 0 aliphatic carbocycles. The summed E-state index contributed by atoms with van der Waals surface area (Å²) >= 11 is 6.12. The van der Waals surface area contributed by atoms with Gasteiger partial charge in [0.05, 0.1) is 24.3 Å². The van der Waals surface area contributed by atoms with Crippen molar-refractivity contribution in [2.24, 2.45) is 0 Å². The fraction of sp³-hybridized carbons (Fsp3) is 0.357. The summed E-state index contributed by atoms with van der Waals surface area (Å²) in [5, 5.41) is 23.1. The maximum atomic E-state index is 15.8. The second-order valence-corrected chi connectivity index (χ2v) is 10.6. The summed E-state index contributed by atoms with van der Waals surface area (Å²) in [6.07, 6.45) is 1.04. The average Bonchev–Trinajstić information content (AvgIpc) is 2.85. The molecule has 1 fully saturated rings. The molecule has 0 amide bonds. The maximum absolute atomic E-state index is 15.8. The van der Waals surface area contributed by atoms with Crippen LogP contribution in [0.25, 0.3) is 0 Å². The molecule has 3 aromatic carbocycles. The van der Waals surface area contributed by atoms with Crippen molar-refractivity contribution in [3.63, 3.8) is 0 Å². The van der Waals surface area contributed by atoms with Crippen LogP contribution in [0.1, 0.15) is 36.1 Å². The largest absolute Gasteiger partial charge is 0.488 e. The lowest BCUT2D eigenvalue weighted by Crippen LogP contribution is -2.54. The van der Waals surface area contributed by atoms with Crippen molar-refractivity contribution in [2.75, 3.05) is 36.5 Å². The van der Waals surface area contributed by atoms with Crippen molar-refractivity contribution in [1.29, 1.82) is 0 Å². The third kappa shape index (κ3) is 5.38. The van der Waals surface area contributed by atoms with Crippen molar-refractivity contribution in [1.82, 2.24) is 4.90 Å². The van der Waals surface area contributed by atoms with Gasteiger partial charge in [-0.25, -0.2) is 8.78 Å². The molecule has 2 heterocycles. The number of benzene rings is 3. The molecule has 5 nitrogen and oxygen atoms in total. The molecule has 0 saturated carbocycles. The van der Waals surface area contributed by atoms with Gasteiger partial charge in [0.15, 0.2) is 0 Å². The van der Waals surface area contributed by atoms with Crippen LogP contribution in [0, 0.1) is 11.6 Å². The van der Waals surface area contributed by atoms with Crippen molar-refractivity contribution in [3.8, 4) is 0 Å². The van der Waals surface area contributed by atoms with Crippen molar-refractivity contribution < 1.29 is 23.2 Å². The van der Waals surface area contributed by atoms with Gasteiger partial charge in [-0.2, -0.15) is 0 Å². The molecule has 38 heavy (non-hydrogen) atoms.